The van der Waals surface area contributed by atoms with Gasteiger partial charge in [0.1, 0.15) is 12.6 Å². The van der Waals surface area contributed by atoms with Gasteiger partial charge in [0.05, 0.1) is 28.3 Å². The lowest BCUT2D eigenvalue weighted by Crippen LogP contribution is -2.44. The van der Waals surface area contributed by atoms with E-state index >= 15 is 0 Å². The number of benzene rings is 3. The fourth-order valence-corrected chi connectivity index (χ4v) is 6.05. The first-order valence-corrected chi connectivity index (χ1v) is 14.1. The van der Waals surface area contributed by atoms with Crippen molar-refractivity contribution < 1.29 is 22.7 Å². The molecular formula is C26H24Cl3N3O5S. The van der Waals surface area contributed by atoms with Crippen LogP contribution in [0.4, 0.5) is 0 Å². The van der Waals surface area contributed by atoms with Crippen molar-refractivity contribution in [1.82, 2.24) is 9.73 Å². The Balaban J connectivity index is 1.39. The number of methoxy groups -OCH3 is 1. The fraction of sp³-hybridized carbons (Fsp3) is 0.231. The molecule has 1 saturated heterocycles. The van der Waals surface area contributed by atoms with Gasteiger partial charge in [0.25, 0.3) is 5.91 Å². The van der Waals surface area contributed by atoms with Gasteiger partial charge in [0.2, 0.25) is 10.0 Å². The molecule has 1 heterocycles. The van der Waals surface area contributed by atoms with Gasteiger partial charge < -0.3 is 9.47 Å². The molecule has 1 N–H and O–H groups in total. The quantitative estimate of drug-likeness (QED) is 0.259. The van der Waals surface area contributed by atoms with Gasteiger partial charge in [0, 0.05) is 11.6 Å². The number of carbonyl (C=O) groups excluding carboxylic acids is 1. The summed E-state index contributed by atoms with van der Waals surface area (Å²) >= 11 is 17.9. The summed E-state index contributed by atoms with van der Waals surface area (Å²) in [7, 11) is -2.34. The van der Waals surface area contributed by atoms with E-state index in [0.29, 0.717) is 45.0 Å². The summed E-state index contributed by atoms with van der Waals surface area (Å²) in [6.45, 7) is 0.501. The molecule has 1 aliphatic rings. The summed E-state index contributed by atoms with van der Waals surface area (Å²) in [5.74, 6) is 0.468. The van der Waals surface area contributed by atoms with Crippen LogP contribution in [-0.2, 0) is 21.4 Å². The van der Waals surface area contributed by atoms with Crippen LogP contribution in [0.25, 0.3) is 0 Å². The second-order valence-corrected chi connectivity index (χ2v) is 11.6. The topological polar surface area (TPSA) is 97.3 Å². The third-order valence-electron chi connectivity index (χ3n) is 5.88. The van der Waals surface area contributed by atoms with Gasteiger partial charge >= 0.3 is 0 Å². The van der Waals surface area contributed by atoms with Crippen LogP contribution in [0, 0.1) is 0 Å². The Morgan fingerprint density at radius 1 is 1.05 bits per heavy atom. The Bertz CT molecular complexity index is 1450. The molecule has 0 spiro atoms. The normalized spacial score (nSPS) is 16.1. The second-order valence-electron chi connectivity index (χ2n) is 8.41. The third kappa shape index (κ3) is 6.59. The molecule has 3 aromatic rings. The standard InChI is InChI=1S/C26H24Cl3N3O5S/c1-36-25-14-17(5-11-24(25)37-16-18-4-10-21(28)22(29)13-18)15-30-31-26(33)23-3-2-12-32(23)38(34,35)20-8-6-19(27)7-9-20/h4-11,13-15,23H,2-3,12,16H2,1H3,(H,31,33)/b30-15-/t23-/m0/s1. The summed E-state index contributed by atoms with van der Waals surface area (Å²) in [5.41, 5.74) is 3.93. The Morgan fingerprint density at radius 2 is 1.82 bits per heavy atom. The van der Waals surface area contributed by atoms with Crippen LogP contribution >= 0.6 is 34.8 Å². The molecule has 1 atom stereocenters. The molecule has 0 aliphatic carbocycles. The molecule has 0 aromatic heterocycles. The molecule has 0 unspecified atom stereocenters. The third-order valence-corrected chi connectivity index (χ3v) is 8.79. The van der Waals surface area contributed by atoms with Crippen molar-refractivity contribution in [3.8, 4) is 11.5 Å². The highest BCUT2D eigenvalue weighted by molar-refractivity contribution is 7.89. The molecule has 1 aliphatic heterocycles. The van der Waals surface area contributed by atoms with Crippen LogP contribution in [0.5, 0.6) is 11.5 Å². The zero-order chi connectivity index (χ0) is 27.3. The SMILES string of the molecule is COc1cc(/C=N\NC(=O)[C@@H]2CCCN2S(=O)(=O)c2ccc(Cl)cc2)ccc1OCc1ccc(Cl)c(Cl)c1. The number of nitrogens with one attached hydrogen (secondary N) is 1. The van der Waals surface area contributed by atoms with E-state index in [0.717, 1.165) is 5.56 Å². The zero-order valence-electron chi connectivity index (χ0n) is 20.2. The number of nitrogens with zero attached hydrogens (tertiary/aromatic N) is 2. The minimum atomic E-state index is -3.85. The van der Waals surface area contributed by atoms with Crippen LogP contribution in [0.1, 0.15) is 24.0 Å². The van der Waals surface area contributed by atoms with E-state index < -0.39 is 22.0 Å². The minimum Gasteiger partial charge on any atom is -0.493 e. The van der Waals surface area contributed by atoms with Crippen LogP contribution in [0.3, 0.4) is 0 Å². The first-order valence-electron chi connectivity index (χ1n) is 11.5. The summed E-state index contributed by atoms with van der Waals surface area (Å²) in [4.78, 5) is 12.9. The number of halogens is 3. The van der Waals surface area contributed by atoms with Gasteiger partial charge in [-0.3, -0.25) is 4.79 Å². The molecule has 38 heavy (non-hydrogen) atoms. The average molecular weight is 597 g/mol. The number of hydrogen-bond acceptors (Lipinski definition) is 6. The Kier molecular flexibility index (Phi) is 9.17. The summed E-state index contributed by atoms with van der Waals surface area (Å²) in [6, 6.07) is 15.4. The summed E-state index contributed by atoms with van der Waals surface area (Å²) in [5, 5.41) is 5.35. The molecular weight excluding hydrogens is 573 g/mol. The molecule has 0 radical (unpaired) electrons. The highest BCUT2D eigenvalue weighted by Crippen LogP contribution is 2.30. The minimum absolute atomic E-state index is 0.0821. The lowest BCUT2D eigenvalue weighted by atomic mass is 10.2. The van der Waals surface area contributed by atoms with Crippen LogP contribution in [0.2, 0.25) is 15.1 Å². The number of ether oxygens (including phenoxy) is 2. The molecule has 12 heteroatoms. The summed E-state index contributed by atoms with van der Waals surface area (Å²) in [6.07, 6.45) is 2.40. The predicted molar refractivity (Wildman–Crippen MR) is 148 cm³/mol. The molecule has 1 fully saturated rings. The van der Waals surface area contributed by atoms with Crippen molar-refractivity contribution in [3.63, 3.8) is 0 Å². The van der Waals surface area contributed by atoms with Crippen molar-refractivity contribution in [2.75, 3.05) is 13.7 Å². The van der Waals surface area contributed by atoms with Crippen molar-refractivity contribution >= 4 is 56.9 Å². The predicted octanol–water partition coefficient (Wildman–Crippen LogP) is 5.54. The van der Waals surface area contributed by atoms with E-state index in [4.69, 9.17) is 44.3 Å². The van der Waals surface area contributed by atoms with Crippen molar-refractivity contribution in [2.45, 2.75) is 30.4 Å². The number of hydrogen-bond donors (Lipinski definition) is 1. The van der Waals surface area contributed by atoms with Gasteiger partial charge in [-0.25, -0.2) is 13.8 Å². The Morgan fingerprint density at radius 3 is 2.53 bits per heavy atom. The van der Waals surface area contributed by atoms with Crippen LogP contribution < -0.4 is 14.9 Å². The number of sulfonamides is 1. The van der Waals surface area contributed by atoms with E-state index in [9.17, 15) is 13.2 Å². The van der Waals surface area contributed by atoms with Crippen LogP contribution in [-0.4, -0.2) is 44.5 Å². The fourth-order valence-electron chi connectivity index (χ4n) is 3.95. The lowest BCUT2D eigenvalue weighted by Gasteiger charge is -2.22. The lowest BCUT2D eigenvalue weighted by molar-refractivity contribution is -0.124. The molecule has 0 saturated carbocycles. The average Bonchev–Trinajstić information content (AvgIpc) is 3.41. The number of rotatable bonds is 9. The van der Waals surface area contributed by atoms with Gasteiger partial charge in [0.15, 0.2) is 11.5 Å². The Labute approximate surface area is 236 Å². The smallest absolute Gasteiger partial charge is 0.258 e. The van der Waals surface area contributed by atoms with E-state index in [2.05, 4.69) is 10.5 Å². The van der Waals surface area contributed by atoms with Crippen LogP contribution in [0.15, 0.2) is 70.7 Å². The zero-order valence-corrected chi connectivity index (χ0v) is 23.3. The van der Waals surface area contributed by atoms with Gasteiger partial charge in [-0.1, -0.05) is 40.9 Å². The van der Waals surface area contributed by atoms with E-state index in [1.165, 1.54) is 41.9 Å². The van der Waals surface area contributed by atoms with Crippen molar-refractivity contribution in [2.24, 2.45) is 5.10 Å². The highest BCUT2D eigenvalue weighted by atomic mass is 35.5. The maximum Gasteiger partial charge on any atom is 0.258 e. The number of hydrazone groups is 1. The monoisotopic (exact) mass is 595 g/mol. The molecule has 0 bridgehead atoms. The molecule has 4 rings (SSSR count). The molecule has 8 nitrogen and oxygen atoms in total. The Hall–Kier alpha value is -2.82. The molecule has 1 amide bonds. The van der Waals surface area contributed by atoms with Crippen molar-refractivity contribution in [1.29, 1.82) is 0 Å². The second kappa shape index (κ2) is 12.4. The maximum absolute atomic E-state index is 13.1. The van der Waals surface area contributed by atoms with E-state index in [1.807, 2.05) is 6.07 Å². The molecule has 200 valence electrons. The summed E-state index contributed by atoms with van der Waals surface area (Å²) < 4.78 is 38.6. The number of amides is 1. The van der Waals surface area contributed by atoms with E-state index in [-0.39, 0.29) is 18.0 Å². The highest BCUT2D eigenvalue weighted by Gasteiger charge is 2.39. The number of carbonyl (C=O) groups is 1. The van der Waals surface area contributed by atoms with E-state index in [1.54, 1.807) is 30.3 Å². The van der Waals surface area contributed by atoms with Crippen molar-refractivity contribution in [3.05, 3.63) is 86.9 Å². The van der Waals surface area contributed by atoms with Gasteiger partial charge in [-0.2, -0.15) is 9.41 Å². The molecule has 3 aromatic carbocycles. The first-order chi connectivity index (χ1) is 18.2. The first kappa shape index (κ1) is 28.2. The van der Waals surface area contributed by atoms with Gasteiger partial charge in [-0.05, 0) is 78.6 Å². The maximum atomic E-state index is 13.1. The van der Waals surface area contributed by atoms with Gasteiger partial charge in [-0.15, -0.1) is 0 Å². The largest absolute Gasteiger partial charge is 0.493 e.